The second-order valence-corrected chi connectivity index (χ2v) is 7.58. The first-order chi connectivity index (χ1) is 12.1. The number of nitrogens with one attached hydrogen (secondary N) is 3. The number of halogens is 2. The number of H-pyrrole nitrogens is 1. The van der Waals surface area contributed by atoms with Crippen molar-refractivity contribution >= 4 is 41.8 Å². The second kappa shape index (κ2) is 9.24. The normalized spacial score (nSPS) is 23.6. The molecule has 4 N–H and O–H groups in total. The first-order valence-electron chi connectivity index (χ1n) is 9.26. The van der Waals surface area contributed by atoms with E-state index in [1.165, 1.54) is 0 Å². The van der Waals surface area contributed by atoms with Crippen molar-refractivity contribution in [2.24, 2.45) is 11.8 Å². The number of piperidine rings is 1. The van der Waals surface area contributed by atoms with Crippen LogP contribution in [0.4, 0.5) is 0 Å². The van der Waals surface area contributed by atoms with Gasteiger partial charge in [-0.3, -0.25) is 4.79 Å². The zero-order chi connectivity index (χ0) is 17.4. The Kier molecular flexibility index (Phi) is 7.51. The van der Waals surface area contributed by atoms with E-state index in [-0.39, 0.29) is 42.9 Å². The average molecular weight is 415 g/mol. The van der Waals surface area contributed by atoms with E-state index in [9.17, 15) is 9.90 Å². The minimum atomic E-state index is -0.208. The zero-order valence-electron chi connectivity index (χ0n) is 15.4. The Morgan fingerprint density at radius 2 is 1.93 bits per heavy atom. The summed E-state index contributed by atoms with van der Waals surface area (Å²) in [5.74, 6) is 1.07. The Morgan fingerprint density at radius 3 is 2.59 bits per heavy atom. The number of hydrogen-bond donors (Lipinski definition) is 4. The molecule has 0 spiro atoms. The Morgan fingerprint density at radius 1 is 1.22 bits per heavy atom. The average Bonchev–Trinajstić information content (AvgIpc) is 3.01. The van der Waals surface area contributed by atoms with E-state index in [0.717, 1.165) is 55.4 Å². The Bertz CT molecular complexity index is 770. The SMILES string of the molecule is Cc1ccc2nc(C(=O)NC(C3CCNCC3)C3CC(O)C3)[nH]c2c1.Cl.Cl. The van der Waals surface area contributed by atoms with Crippen molar-refractivity contribution in [3.63, 3.8) is 0 Å². The van der Waals surface area contributed by atoms with Crippen molar-refractivity contribution in [3.8, 4) is 0 Å². The lowest BCUT2D eigenvalue weighted by Crippen LogP contribution is -2.53. The van der Waals surface area contributed by atoms with Crippen LogP contribution in [-0.4, -0.2) is 46.2 Å². The highest BCUT2D eigenvalue weighted by molar-refractivity contribution is 5.94. The summed E-state index contributed by atoms with van der Waals surface area (Å²) in [5.41, 5.74) is 2.84. The molecular weight excluding hydrogens is 387 g/mol. The van der Waals surface area contributed by atoms with Crippen LogP contribution in [0.3, 0.4) is 0 Å². The highest BCUT2D eigenvalue weighted by Gasteiger charge is 2.39. The van der Waals surface area contributed by atoms with Crippen LogP contribution in [0.5, 0.6) is 0 Å². The van der Waals surface area contributed by atoms with Crippen molar-refractivity contribution in [2.75, 3.05) is 13.1 Å². The lowest BCUT2D eigenvalue weighted by Gasteiger charge is -2.43. The molecule has 4 rings (SSSR count). The maximum Gasteiger partial charge on any atom is 0.287 e. The van der Waals surface area contributed by atoms with Gasteiger partial charge in [0.1, 0.15) is 0 Å². The van der Waals surface area contributed by atoms with E-state index >= 15 is 0 Å². The van der Waals surface area contributed by atoms with E-state index in [2.05, 4.69) is 20.6 Å². The molecule has 0 radical (unpaired) electrons. The van der Waals surface area contributed by atoms with Crippen molar-refractivity contribution in [1.29, 1.82) is 0 Å². The van der Waals surface area contributed by atoms with E-state index in [1.807, 2.05) is 25.1 Å². The van der Waals surface area contributed by atoms with Gasteiger partial charge in [0.05, 0.1) is 17.1 Å². The van der Waals surface area contributed by atoms with E-state index < -0.39 is 0 Å². The van der Waals surface area contributed by atoms with Crippen LogP contribution in [0.2, 0.25) is 0 Å². The summed E-state index contributed by atoms with van der Waals surface area (Å²) in [6.45, 7) is 4.02. The minimum absolute atomic E-state index is 0. The van der Waals surface area contributed by atoms with Crippen LogP contribution in [0.25, 0.3) is 11.0 Å². The summed E-state index contributed by atoms with van der Waals surface area (Å²) in [6, 6.07) is 6.06. The van der Waals surface area contributed by atoms with Gasteiger partial charge in [0, 0.05) is 6.04 Å². The number of amides is 1. The largest absolute Gasteiger partial charge is 0.393 e. The number of hydrogen-bond acceptors (Lipinski definition) is 4. The lowest BCUT2D eigenvalue weighted by molar-refractivity contribution is 0.00908. The van der Waals surface area contributed by atoms with Crippen molar-refractivity contribution in [2.45, 2.75) is 44.8 Å². The molecule has 1 atom stereocenters. The van der Waals surface area contributed by atoms with Gasteiger partial charge in [0.15, 0.2) is 5.82 Å². The van der Waals surface area contributed by atoms with Gasteiger partial charge in [-0.2, -0.15) is 0 Å². The third-order valence-corrected chi connectivity index (χ3v) is 5.70. The molecule has 2 heterocycles. The van der Waals surface area contributed by atoms with Crippen LogP contribution in [0.15, 0.2) is 18.2 Å². The predicted molar refractivity (Wildman–Crippen MR) is 111 cm³/mol. The van der Waals surface area contributed by atoms with Gasteiger partial charge in [-0.05, 0) is 75.2 Å². The van der Waals surface area contributed by atoms with Crippen molar-refractivity contribution in [1.82, 2.24) is 20.6 Å². The number of aliphatic hydroxyl groups excluding tert-OH is 1. The molecule has 1 saturated carbocycles. The van der Waals surface area contributed by atoms with Gasteiger partial charge in [0.25, 0.3) is 5.91 Å². The standard InChI is InChI=1S/C19H26N4O2.2ClH/c1-11-2-3-15-16(8-11)22-18(21-15)19(25)23-17(13-9-14(24)10-13)12-4-6-20-7-5-12;;/h2-3,8,12-14,17,20,24H,4-7,9-10H2,1H3,(H,21,22)(H,23,25);2*1H. The van der Waals surface area contributed by atoms with Gasteiger partial charge < -0.3 is 20.7 Å². The number of imidazole rings is 1. The van der Waals surface area contributed by atoms with E-state index in [4.69, 9.17) is 0 Å². The molecule has 1 unspecified atom stereocenters. The number of rotatable bonds is 4. The molecule has 0 bridgehead atoms. The topological polar surface area (TPSA) is 90.0 Å². The van der Waals surface area contributed by atoms with Gasteiger partial charge in [-0.25, -0.2) is 4.98 Å². The number of fused-ring (bicyclic) bond motifs is 1. The smallest absolute Gasteiger partial charge is 0.287 e. The second-order valence-electron chi connectivity index (χ2n) is 7.58. The predicted octanol–water partition coefficient (Wildman–Crippen LogP) is 2.58. The van der Waals surface area contributed by atoms with Crippen LogP contribution in [-0.2, 0) is 0 Å². The molecule has 8 heteroatoms. The van der Waals surface area contributed by atoms with Gasteiger partial charge in [0.2, 0.25) is 0 Å². The summed E-state index contributed by atoms with van der Waals surface area (Å²) in [6.07, 6.45) is 3.50. The van der Waals surface area contributed by atoms with E-state index in [0.29, 0.717) is 17.7 Å². The van der Waals surface area contributed by atoms with Crippen molar-refractivity contribution < 1.29 is 9.90 Å². The number of aromatic nitrogens is 2. The summed E-state index contributed by atoms with van der Waals surface area (Å²) in [4.78, 5) is 20.4. The zero-order valence-corrected chi connectivity index (χ0v) is 17.0. The number of carbonyl (C=O) groups excluding carboxylic acids is 1. The summed E-state index contributed by atoms with van der Waals surface area (Å²) in [5, 5.41) is 16.3. The number of aliphatic hydroxyl groups is 1. The number of carbonyl (C=O) groups is 1. The minimum Gasteiger partial charge on any atom is -0.393 e. The summed E-state index contributed by atoms with van der Waals surface area (Å²) < 4.78 is 0. The highest BCUT2D eigenvalue weighted by atomic mass is 35.5. The van der Waals surface area contributed by atoms with Crippen LogP contribution < -0.4 is 10.6 Å². The fraction of sp³-hybridized carbons (Fsp3) is 0.579. The fourth-order valence-corrected chi connectivity index (χ4v) is 4.20. The van der Waals surface area contributed by atoms with Crippen LogP contribution in [0, 0.1) is 18.8 Å². The molecule has 1 aliphatic heterocycles. The molecule has 1 aromatic heterocycles. The maximum absolute atomic E-state index is 12.8. The number of aromatic amines is 1. The molecule has 1 amide bonds. The molecule has 1 aromatic carbocycles. The molecule has 1 aliphatic carbocycles. The lowest BCUT2D eigenvalue weighted by atomic mass is 9.71. The Balaban J connectivity index is 0.00000131. The molecule has 2 aromatic rings. The van der Waals surface area contributed by atoms with Crippen LogP contribution in [0.1, 0.15) is 41.9 Å². The number of benzene rings is 1. The maximum atomic E-state index is 12.8. The molecule has 6 nitrogen and oxygen atoms in total. The number of nitrogens with zero attached hydrogens (tertiary/aromatic N) is 1. The number of aryl methyl sites for hydroxylation is 1. The van der Waals surface area contributed by atoms with Gasteiger partial charge >= 0.3 is 0 Å². The molecule has 150 valence electrons. The third kappa shape index (κ3) is 4.74. The molecular formula is C19H28Cl2N4O2. The molecule has 27 heavy (non-hydrogen) atoms. The monoisotopic (exact) mass is 414 g/mol. The first-order valence-corrected chi connectivity index (χ1v) is 9.26. The Labute approximate surface area is 171 Å². The quantitative estimate of drug-likeness (QED) is 0.618. The van der Waals surface area contributed by atoms with Gasteiger partial charge in [-0.15, -0.1) is 24.8 Å². The van der Waals surface area contributed by atoms with Crippen LogP contribution >= 0.6 is 24.8 Å². The van der Waals surface area contributed by atoms with Crippen molar-refractivity contribution in [3.05, 3.63) is 29.6 Å². The third-order valence-electron chi connectivity index (χ3n) is 5.70. The molecule has 1 saturated heterocycles. The molecule has 2 aliphatic rings. The first kappa shape index (κ1) is 22.0. The molecule has 2 fully saturated rings. The van der Waals surface area contributed by atoms with E-state index in [1.54, 1.807) is 0 Å². The Hall–Kier alpha value is -1.34. The fourth-order valence-electron chi connectivity index (χ4n) is 4.20. The summed E-state index contributed by atoms with van der Waals surface area (Å²) >= 11 is 0. The van der Waals surface area contributed by atoms with Gasteiger partial charge in [-0.1, -0.05) is 6.07 Å². The summed E-state index contributed by atoms with van der Waals surface area (Å²) in [7, 11) is 0. The highest BCUT2D eigenvalue weighted by Crippen LogP contribution is 2.35.